The number of hydrogen-bond acceptors (Lipinski definition) is 5. The lowest BCUT2D eigenvalue weighted by molar-refractivity contribution is -0.131. The van der Waals surface area contributed by atoms with E-state index in [0.717, 1.165) is 22.8 Å². The fraction of sp³-hybridized carbons (Fsp3) is 0.0556. The molecule has 0 bridgehead atoms. The first-order valence-electron chi connectivity index (χ1n) is 7.33. The van der Waals surface area contributed by atoms with E-state index in [0.29, 0.717) is 16.5 Å². The Labute approximate surface area is 147 Å². The number of nitriles is 1. The first kappa shape index (κ1) is 16.6. The van der Waals surface area contributed by atoms with Crippen molar-refractivity contribution in [3.8, 4) is 11.8 Å². The number of aromatic nitrogens is 2. The molecule has 0 saturated heterocycles. The van der Waals surface area contributed by atoms with Gasteiger partial charge in [-0.25, -0.2) is 9.78 Å². The molecule has 1 aromatic heterocycles. The van der Waals surface area contributed by atoms with E-state index in [1.54, 1.807) is 30.3 Å². The Morgan fingerprint density at radius 3 is 2.72 bits per heavy atom. The van der Waals surface area contributed by atoms with Crippen molar-refractivity contribution < 1.29 is 14.6 Å². The number of ether oxygens (including phenoxy) is 1. The highest BCUT2D eigenvalue weighted by Crippen LogP contribution is 2.28. The van der Waals surface area contributed by atoms with Crippen molar-refractivity contribution in [3.05, 3.63) is 59.0 Å². The Bertz CT molecular complexity index is 938. The van der Waals surface area contributed by atoms with Gasteiger partial charge in [0.25, 0.3) is 0 Å². The number of rotatable bonds is 6. The second-order valence-electron chi connectivity index (χ2n) is 4.99. The summed E-state index contributed by atoms with van der Waals surface area (Å²) >= 11 is 1.06. The smallest absolute Gasteiger partial charge is 0.342 e. The van der Waals surface area contributed by atoms with Gasteiger partial charge in [0.1, 0.15) is 16.7 Å². The molecule has 0 amide bonds. The lowest BCUT2D eigenvalue weighted by Gasteiger charge is -2.03. The van der Waals surface area contributed by atoms with E-state index in [1.165, 1.54) is 0 Å². The summed E-state index contributed by atoms with van der Waals surface area (Å²) in [6.45, 7) is -0.0303. The number of imidazole rings is 1. The van der Waals surface area contributed by atoms with Crippen molar-refractivity contribution in [1.82, 2.24) is 9.97 Å². The average molecular weight is 351 g/mol. The number of carboxylic acids is 1. The van der Waals surface area contributed by atoms with Crippen molar-refractivity contribution in [1.29, 1.82) is 5.26 Å². The van der Waals surface area contributed by atoms with Gasteiger partial charge in [-0.05, 0) is 47.7 Å². The highest BCUT2D eigenvalue weighted by molar-refractivity contribution is 8.04. The summed E-state index contributed by atoms with van der Waals surface area (Å²) in [5.74, 6) is -0.476. The van der Waals surface area contributed by atoms with Gasteiger partial charge in [-0.1, -0.05) is 24.3 Å². The molecule has 3 aromatic rings. The third-order valence-electron chi connectivity index (χ3n) is 3.27. The molecule has 0 aliphatic rings. The maximum absolute atomic E-state index is 11.5. The van der Waals surface area contributed by atoms with Crippen LogP contribution in [0, 0.1) is 11.3 Å². The first-order chi connectivity index (χ1) is 12.2. The van der Waals surface area contributed by atoms with Crippen LogP contribution in [0.4, 0.5) is 0 Å². The maximum Gasteiger partial charge on any atom is 0.342 e. The van der Waals surface area contributed by atoms with E-state index in [2.05, 4.69) is 9.97 Å². The number of nitrogens with zero attached hydrogens (tertiary/aromatic N) is 2. The Morgan fingerprint density at radius 2 is 2.04 bits per heavy atom. The summed E-state index contributed by atoms with van der Waals surface area (Å²) < 4.78 is 5.17. The summed E-state index contributed by atoms with van der Waals surface area (Å²) in [7, 11) is 0. The Morgan fingerprint density at radius 1 is 1.28 bits per heavy atom. The summed E-state index contributed by atoms with van der Waals surface area (Å²) in [5, 5.41) is 18.5. The molecule has 0 radical (unpaired) electrons. The van der Waals surface area contributed by atoms with Gasteiger partial charge in [0.05, 0.1) is 11.0 Å². The predicted molar refractivity (Wildman–Crippen MR) is 95.1 cm³/mol. The highest BCUT2D eigenvalue weighted by Gasteiger charge is 2.13. The number of para-hydroxylation sites is 2. The molecule has 7 heteroatoms. The topological polar surface area (TPSA) is 99.0 Å². The van der Waals surface area contributed by atoms with Crippen LogP contribution in [0.2, 0.25) is 0 Å². The summed E-state index contributed by atoms with van der Waals surface area (Å²) in [5.41, 5.74) is 2.35. The fourth-order valence-corrected chi connectivity index (χ4v) is 2.94. The summed E-state index contributed by atoms with van der Waals surface area (Å²) in [6, 6.07) is 16.2. The van der Waals surface area contributed by atoms with Gasteiger partial charge < -0.3 is 14.8 Å². The minimum atomic E-state index is -1.03. The lowest BCUT2D eigenvalue weighted by Crippen LogP contribution is -1.97. The van der Waals surface area contributed by atoms with Crippen LogP contribution < -0.4 is 4.74 Å². The number of nitrogens with one attached hydrogen (secondary N) is 1. The monoisotopic (exact) mass is 351 g/mol. The minimum Gasteiger partial charge on any atom is -0.479 e. The number of carboxylic acid groups (broad SMARTS) is 1. The SMILES string of the molecule is N#CCOc1ccc(/C=C(\Sc2nc3ccccc3[nH]2)C(=O)O)cc1. The number of aliphatic carboxylic acids is 1. The number of carbonyl (C=O) groups is 1. The maximum atomic E-state index is 11.5. The van der Waals surface area contributed by atoms with E-state index in [4.69, 9.17) is 10.00 Å². The van der Waals surface area contributed by atoms with Gasteiger partial charge >= 0.3 is 5.97 Å². The van der Waals surface area contributed by atoms with E-state index in [9.17, 15) is 9.90 Å². The number of hydrogen-bond donors (Lipinski definition) is 2. The van der Waals surface area contributed by atoms with Gasteiger partial charge in [-0.3, -0.25) is 0 Å². The van der Waals surface area contributed by atoms with Crippen molar-refractivity contribution in [2.75, 3.05) is 6.61 Å². The second kappa shape index (κ2) is 7.55. The zero-order valence-electron chi connectivity index (χ0n) is 13.0. The third-order valence-corrected chi connectivity index (χ3v) is 4.17. The standard InChI is InChI=1S/C18H13N3O3S/c19-9-10-24-13-7-5-12(6-8-13)11-16(17(22)23)25-18-20-14-3-1-2-4-15(14)21-18/h1-8,11H,10H2,(H,20,21)(H,22,23)/b16-11-. The zero-order valence-corrected chi connectivity index (χ0v) is 13.8. The van der Waals surface area contributed by atoms with Crippen LogP contribution in [-0.4, -0.2) is 27.7 Å². The van der Waals surface area contributed by atoms with Crippen LogP contribution in [0.5, 0.6) is 5.75 Å². The summed E-state index contributed by atoms with van der Waals surface area (Å²) in [6.07, 6.45) is 1.56. The molecule has 0 fully saturated rings. The van der Waals surface area contributed by atoms with E-state index in [-0.39, 0.29) is 11.5 Å². The molecular weight excluding hydrogens is 338 g/mol. The van der Waals surface area contributed by atoms with Crippen LogP contribution in [-0.2, 0) is 4.79 Å². The molecule has 3 rings (SSSR count). The first-order valence-corrected chi connectivity index (χ1v) is 8.15. The number of fused-ring (bicyclic) bond motifs is 1. The van der Waals surface area contributed by atoms with E-state index >= 15 is 0 Å². The molecule has 0 aliphatic carbocycles. The molecule has 2 aromatic carbocycles. The molecule has 6 nitrogen and oxygen atoms in total. The number of thioether (sulfide) groups is 1. The third kappa shape index (κ3) is 4.19. The molecule has 0 unspecified atom stereocenters. The van der Waals surface area contributed by atoms with Crippen LogP contribution in [0.25, 0.3) is 17.1 Å². The second-order valence-corrected chi connectivity index (χ2v) is 6.02. The molecule has 0 spiro atoms. The van der Waals surface area contributed by atoms with Crippen molar-refractivity contribution in [2.45, 2.75) is 5.16 Å². The van der Waals surface area contributed by atoms with Gasteiger partial charge in [-0.2, -0.15) is 5.26 Å². The Kier molecular flexibility index (Phi) is 5.02. The van der Waals surface area contributed by atoms with Crippen LogP contribution in [0.15, 0.2) is 58.6 Å². The highest BCUT2D eigenvalue weighted by atomic mass is 32.2. The molecular formula is C18H13N3O3S. The van der Waals surface area contributed by atoms with Crippen molar-refractivity contribution in [2.24, 2.45) is 0 Å². The average Bonchev–Trinajstić information content (AvgIpc) is 3.03. The van der Waals surface area contributed by atoms with Gasteiger partial charge in [0.15, 0.2) is 11.8 Å². The molecule has 2 N–H and O–H groups in total. The largest absolute Gasteiger partial charge is 0.479 e. The Hall–Kier alpha value is -3.24. The van der Waals surface area contributed by atoms with Crippen LogP contribution >= 0.6 is 11.8 Å². The van der Waals surface area contributed by atoms with Gasteiger partial charge in [-0.15, -0.1) is 0 Å². The van der Waals surface area contributed by atoms with Crippen LogP contribution in [0.3, 0.4) is 0 Å². The number of aromatic amines is 1. The zero-order chi connectivity index (χ0) is 17.6. The van der Waals surface area contributed by atoms with E-state index in [1.807, 2.05) is 30.3 Å². The Balaban J connectivity index is 1.81. The fourth-order valence-electron chi connectivity index (χ4n) is 2.14. The normalized spacial score (nSPS) is 11.2. The van der Waals surface area contributed by atoms with Gasteiger partial charge in [0.2, 0.25) is 0 Å². The lowest BCUT2D eigenvalue weighted by atomic mass is 10.2. The quantitative estimate of drug-likeness (QED) is 0.519. The molecule has 25 heavy (non-hydrogen) atoms. The minimum absolute atomic E-state index is 0.0303. The van der Waals surface area contributed by atoms with E-state index < -0.39 is 5.97 Å². The predicted octanol–water partition coefficient (Wildman–Crippen LogP) is 3.68. The van der Waals surface area contributed by atoms with Crippen LogP contribution in [0.1, 0.15) is 5.56 Å². The molecule has 124 valence electrons. The van der Waals surface area contributed by atoms with Crippen molar-refractivity contribution in [3.63, 3.8) is 0 Å². The molecule has 0 aliphatic heterocycles. The number of H-pyrrole nitrogens is 1. The van der Waals surface area contributed by atoms with Crippen molar-refractivity contribution >= 4 is 34.8 Å². The number of benzene rings is 2. The summed E-state index contributed by atoms with van der Waals surface area (Å²) in [4.78, 5) is 19.2. The van der Waals surface area contributed by atoms with Gasteiger partial charge in [0, 0.05) is 0 Å². The molecule has 0 atom stereocenters. The molecule has 0 saturated carbocycles. The molecule has 1 heterocycles.